The van der Waals surface area contributed by atoms with Gasteiger partial charge in [-0.2, -0.15) is 0 Å². The molecule has 28 heavy (non-hydrogen) atoms. The summed E-state index contributed by atoms with van der Waals surface area (Å²) in [6.07, 6.45) is 10.1. The summed E-state index contributed by atoms with van der Waals surface area (Å²) in [6.45, 7) is 3.88. The van der Waals surface area contributed by atoms with Crippen LogP contribution in [0, 0.1) is 6.92 Å². The molecule has 2 aliphatic rings. The molecule has 0 spiro atoms. The van der Waals surface area contributed by atoms with Crippen molar-refractivity contribution in [3.05, 3.63) is 53.7 Å². The molecule has 5 rings (SSSR count). The third-order valence-electron chi connectivity index (χ3n) is 6.42. The van der Waals surface area contributed by atoms with Crippen LogP contribution in [0.25, 0.3) is 10.9 Å². The van der Waals surface area contributed by atoms with Crippen LogP contribution in [0.5, 0.6) is 0 Å². The highest BCUT2D eigenvalue weighted by molar-refractivity contribution is 5.84. The Morgan fingerprint density at radius 3 is 2.75 bits per heavy atom. The summed E-state index contributed by atoms with van der Waals surface area (Å²) >= 11 is 0. The maximum atomic E-state index is 12.8. The van der Waals surface area contributed by atoms with Gasteiger partial charge in [-0.3, -0.25) is 4.79 Å². The largest absolute Gasteiger partial charge is 0.361 e. The van der Waals surface area contributed by atoms with Crippen LogP contribution in [-0.2, 0) is 11.2 Å². The van der Waals surface area contributed by atoms with Crippen LogP contribution in [0.3, 0.4) is 0 Å². The molecule has 1 N–H and O–H groups in total. The number of likely N-dealkylation sites (tertiary alicyclic amines) is 1. The number of piperidine rings is 1. The average Bonchev–Trinajstić information content (AvgIpc) is 3.38. The number of carbonyl (C=O) groups excluding carboxylic acids is 1. The standard InChI is InChI=1S/C23H28N4O/c1-16-14-25-23(17-6-7-17)27(16)19-10-12-26(13-11-19)22(28)9-8-18-15-24-21-5-3-2-4-20(18)21/h2-5,14-15,17,19,24H,6-13H2,1H3. The Balaban J connectivity index is 1.19. The molecule has 0 atom stereocenters. The number of rotatable bonds is 5. The zero-order valence-corrected chi connectivity index (χ0v) is 16.5. The summed E-state index contributed by atoms with van der Waals surface area (Å²) in [6, 6.07) is 8.80. The average molecular weight is 377 g/mol. The Morgan fingerprint density at radius 2 is 1.96 bits per heavy atom. The second kappa shape index (κ2) is 7.12. The van der Waals surface area contributed by atoms with Crippen molar-refractivity contribution in [1.29, 1.82) is 0 Å². The van der Waals surface area contributed by atoms with Gasteiger partial charge in [0.1, 0.15) is 5.82 Å². The third-order valence-corrected chi connectivity index (χ3v) is 6.42. The molecule has 0 bridgehead atoms. The van der Waals surface area contributed by atoms with Crippen molar-refractivity contribution in [1.82, 2.24) is 19.4 Å². The van der Waals surface area contributed by atoms with Crippen molar-refractivity contribution in [3.8, 4) is 0 Å². The van der Waals surface area contributed by atoms with E-state index >= 15 is 0 Å². The zero-order chi connectivity index (χ0) is 19.1. The fraction of sp³-hybridized carbons (Fsp3) is 0.478. The molecule has 5 nitrogen and oxygen atoms in total. The number of benzene rings is 1. The van der Waals surface area contributed by atoms with E-state index in [0.29, 0.717) is 18.4 Å². The van der Waals surface area contributed by atoms with Gasteiger partial charge >= 0.3 is 0 Å². The van der Waals surface area contributed by atoms with Gasteiger partial charge in [-0.1, -0.05) is 18.2 Å². The van der Waals surface area contributed by atoms with Crippen molar-refractivity contribution in [2.24, 2.45) is 0 Å². The number of fused-ring (bicyclic) bond motifs is 1. The predicted molar refractivity (Wildman–Crippen MR) is 110 cm³/mol. The third kappa shape index (κ3) is 3.23. The van der Waals surface area contributed by atoms with Crippen molar-refractivity contribution >= 4 is 16.8 Å². The first kappa shape index (κ1) is 17.5. The molecule has 1 amide bonds. The lowest BCUT2D eigenvalue weighted by Gasteiger charge is -2.34. The molecule has 1 saturated heterocycles. The van der Waals surface area contributed by atoms with Gasteiger partial charge in [0.05, 0.1) is 0 Å². The maximum Gasteiger partial charge on any atom is 0.222 e. The van der Waals surface area contributed by atoms with Crippen LogP contribution in [0.15, 0.2) is 36.7 Å². The topological polar surface area (TPSA) is 53.9 Å². The summed E-state index contributed by atoms with van der Waals surface area (Å²) in [5.74, 6) is 2.24. The first-order valence-electron chi connectivity index (χ1n) is 10.6. The number of hydrogen-bond donors (Lipinski definition) is 1. The Labute approximate surface area is 165 Å². The number of amides is 1. The molecular formula is C23H28N4O. The lowest BCUT2D eigenvalue weighted by molar-refractivity contribution is -0.132. The van der Waals surface area contributed by atoms with Gasteiger partial charge in [0.15, 0.2) is 0 Å². The molecular weight excluding hydrogens is 348 g/mol. The van der Waals surface area contributed by atoms with Gasteiger partial charge in [0.2, 0.25) is 5.91 Å². The Kier molecular flexibility index (Phi) is 4.46. The monoisotopic (exact) mass is 376 g/mol. The highest BCUT2D eigenvalue weighted by Gasteiger charge is 2.32. The van der Waals surface area contributed by atoms with E-state index in [-0.39, 0.29) is 5.91 Å². The number of aromatic amines is 1. The minimum Gasteiger partial charge on any atom is -0.361 e. The minimum absolute atomic E-state index is 0.286. The first-order chi connectivity index (χ1) is 13.7. The fourth-order valence-electron chi connectivity index (χ4n) is 4.69. The van der Waals surface area contributed by atoms with E-state index in [9.17, 15) is 4.79 Å². The van der Waals surface area contributed by atoms with Gasteiger partial charge < -0.3 is 14.5 Å². The number of aromatic nitrogens is 3. The molecule has 1 aliphatic heterocycles. The van der Waals surface area contributed by atoms with E-state index in [2.05, 4.69) is 44.6 Å². The van der Waals surface area contributed by atoms with E-state index in [1.807, 2.05) is 18.5 Å². The minimum atomic E-state index is 0.286. The second-order valence-electron chi connectivity index (χ2n) is 8.37. The lowest BCUT2D eigenvalue weighted by atomic mass is 10.0. The summed E-state index contributed by atoms with van der Waals surface area (Å²) in [7, 11) is 0. The van der Waals surface area contributed by atoms with Crippen molar-refractivity contribution in [2.75, 3.05) is 13.1 Å². The molecule has 2 fully saturated rings. The molecule has 1 aromatic carbocycles. The highest BCUT2D eigenvalue weighted by Crippen LogP contribution is 2.41. The Hall–Kier alpha value is -2.56. The summed E-state index contributed by atoms with van der Waals surface area (Å²) in [5, 5.41) is 1.23. The number of nitrogens with zero attached hydrogens (tertiary/aromatic N) is 3. The predicted octanol–water partition coefficient (Wildman–Crippen LogP) is 4.35. The van der Waals surface area contributed by atoms with Crippen molar-refractivity contribution < 1.29 is 4.79 Å². The van der Waals surface area contributed by atoms with Crippen LogP contribution >= 0.6 is 0 Å². The number of nitrogens with one attached hydrogen (secondary N) is 1. The van der Waals surface area contributed by atoms with Crippen LogP contribution in [0.1, 0.15) is 61.1 Å². The zero-order valence-electron chi connectivity index (χ0n) is 16.5. The number of aryl methyl sites for hydroxylation is 2. The molecule has 3 heterocycles. The van der Waals surface area contributed by atoms with E-state index in [4.69, 9.17) is 0 Å². The van der Waals surface area contributed by atoms with Crippen molar-refractivity contribution in [3.63, 3.8) is 0 Å². The number of carbonyl (C=O) groups is 1. The molecule has 146 valence electrons. The molecule has 3 aromatic rings. The van der Waals surface area contributed by atoms with Crippen LogP contribution in [0.2, 0.25) is 0 Å². The van der Waals surface area contributed by atoms with Crippen LogP contribution < -0.4 is 0 Å². The first-order valence-corrected chi connectivity index (χ1v) is 10.6. The van der Waals surface area contributed by atoms with E-state index in [1.165, 1.54) is 35.3 Å². The van der Waals surface area contributed by atoms with Crippen LogP contribution in [0.4, 0.5) is 0 Å². The Morgan fingerprint density at radius 1 is 1.18 bits per heavy atom. The molecule has 0 radical (unpaired) electrons. The summed E-state index contributed by atoms with van der Waals surface area (Å²) in [4.78, 5) is 22.8. The van der Waals surface area contributed by atoms with Gasteiger partial charge in [-0.25, -0.2) is 4.98 Å². The fourth-order valence-corrected chi connectivity index (χ4v) is 4.69. The molecule has 5 heteroatoms. The number of imidazole rings is 1. The second-order valence-corrected chi connectivity index (χ2v) is 8.37. The molecule has 0 unspecified atom stereocenters. The summed E-state index contributed by atoms with van der Waals surface area (Å²) < 4.78 is 2.46. The summed E-state index contributed by atoms with van der Waals surface area (Å²) in [5.41, 5.74) is 3.65. The van der Waals surface area contributed by atoms with Gasteiger partial charge in [0.25, 0.3) is 0 Å². The molecule has 1 saturated carbocycles. The normalized spacial score (nSPS) is 18.1. The van der Waals surface area contributed by atoms with Crippen molar-refractivity contribution in [2.45, 2.75) is 57.4 Å². The number of hydrogen-bond acceptors (Lipinski definition) is 2. The molecule has 1 aliphatic carbocycles. The smallest absolute Gasteiger partial charge is 0.222 e. The quantitative estimate of drug-likeness (QED) is 0.720. The van der Waals surface area contributed by atoms with Crippen LogP contribution in [-0.4, -0.2) is 38.4 Å². The molecule has 2 aromatic heterocycles. The van der Waals surface area contributed by atoms with E-state index < -0.39 is 0 Å². The SMILES string of the molecule is Cc1cnc(C2CC2)n1C1CCN(C(=O)CCc2c[nH]c3ccccc23)CC1. The Bertz CT molecular complexity index is 989. The highest BCUT2D eigenvalue weighted by atomic mass is 16.2. The lowest BCUT2D eigenvalue weighted by Crippen LogP contribution is -2.39. The van der Waals surface area contributed by atoms with Gasteiger partial charge in [-0.05, 0) is 50.7 Å². The number of para-hydroxylation sites is 1. The number of H-pyrrole nitrogens is 1. The van der Waals surface area contributed by atoms with E-state index in [1.54, 1.807) is 0 Å². The maximum absolute atomic E-state index is 12.8. The van der Waals surface area contributed by atoms with Gasteiger partial charge in [0, 0.05) is 60.5 Å². The van der Waals surface area contributed by atoms with Gasteiger partial charge in [-0.15, -0.1) is 0 Å². The van der Waals surface area contributed by atoms with E-state index in [0.717, 1.165) is 37.9 Å².